The van der Waals surface area contributed by atoms with Crippen LogP contribution in [0.3, 0.4) is 0 Å². The molecule has 0 radical (unpaired) electrons. The Morgan fingerprint density at radius 1 is 1.33 bits per heavy atom. The molecular formula is C17H27ClN2O. The molecule has 4 heteroatoms. The van der Waals surface area contributed by atoms with Crippen molar-refractivity contribution < 1.29 is 4.79 Å². The normalized spacial score (nSPS) is 12.5. The second-order valence-corrected chi connectivity index (χ2v) is 6.34. The summed E-state index contributed by atoms with van der Waals surface area (Å²) in [5.74, 6) is 0.983. The molecule has 3 nitrogen and oxygen atoms in total. The molecule has 1 amide bonds. The fourth-order valence-electron chi connectivity index (χ4n) is 2.51. The molecule has 21 heavy (non-hydrogen) atoms. The predicted molar refractivity (Wildman–Crippen MR) is 89.2 cm³/mol. The number of carbonyl (C=O) groups is 1. The molecule has 0 spiro atoms. The summed E-state index contributed by atoms with van der Waals surface area (Å²) < 4.78 is 0. The Hall–Kier alpha value is -1.06. The van der Waals surface area contributed by atoms with E-state index < -0.39 is 0 Å². The van der Waals surface area contributed by atoms with Gasteiger partial charge in [-0.05, 0) is 43.4 Å². The van der Waals surface area contributed by atoms with E-state index in [4.69, 9.17) is 17.3 Å². The number of carbonyl (C=O) groups excluding carboxylic acids is 1. The third-order valence-corrected chi connectivity index (χ3v) is 4.02. The highest BCUT2D eigenvalue weighted by atomic mass is 35.5. The Morgan fingerprint density at radius 2 is 2.00 bits per heavy atom. The lowest BCUT2D eigenvalue weighted by Crippen LogP contribution is -2.33. The lowest BCUT2D eigenvalue weighted by Gasteiger charge is -2.24. The Balaban J connectivity index is 2.66. The number of halogens is 1. The second-order valence-electron chi connectivity index (χ2n) is 5.93. The van der Waals surface area contributed by atoms with Crippen molar-refractivity contribution in [3.05, 3.63) is 34.9 Å². The van der Waals surface area contributed by atoms with Crippen LogP contribution in [0.5, 0.6) is 0 Å². The van der Waals surface area contributed by atoms with Crippen molar-refractivity contribution in [1.29, 1.82) is 0 Å². The van der Waals surface area contributed by atoms with E-state index in [-0.39, 0.29) is 11.8 Å². The first kappa shape index (κ1) is 18.0. The van der Waals surface area contributed by atoms with Crippen molar-refractivity contribution in [2.24, 2.45) is 17.6 Å². The van der Waals surface area contributed by atoms with Crippen LogP contribution in [0, 0.1) is 11.8 Å². The highest BCUT2D eigenvalue weighted by Gasteiger charge is 2.19. The summed E-state index contributed by atoms with van der Waals surface area (Å²) >= 11 is 6.17. The summed E-state index contributed by atoms with van der Waals surface area (Å²) in [4.78, 5) is 14.3. The maximum atomic E-state index is 12.5. The average Bonchev–Trinajstić information content (AvgIpc) is 2.45. The summed E-state index contributed by atoms with van der Waals surface area (Å²) in [6.07, 6.45) is 1.51. The fourth-order valence-corrected chi connectivity index (χ4v) is 2.71. The third-order valence-electron chi connectivity index (χ3n) is 3.65. The number of nitrogens with two attached hydrogens (primary N) is 1. The van der Waals surface area contributed by atoms with Gasteiger partial charge in [0.25, 0.3) is 0 Å². The molecule has 2 N–H and O–H groups in total. The zero-order chi connectivity index (χ0) is 15.8. The molecule has 0 saturated heterocycles. The van der Waals surface area contributed by atoms with Crippen LogP contribution in [-0.2, 0) is 11.3 Å². The van der Waals surface area contributed by atoms with Gasteiger partial charge in [-0.2, -0.15) is 0 Å². The molecule has 0 fully saturated rings. The first-order valence-electron chi connectivity index (χ1n) is 7.69. The first-order chi connectivity index (χ1) is 9.97. The van der Waals surface area contributed by atoms with Gasteiger partial charge in [0, 0.05) is 24.5 Å². The van der Waals surface area contributed by atoms with Crippen molar-refractivity contribution >= 4 is 17.5 Å². The van der Waals surface area contributed by atoms with Gasteiger partial charge in [0.2, 0.25) is 5.91 Å². The lowest BCUT2D eigenvalue weighted by molar-refractivity contribution is -0.132. The van der Waals surface area contributed by atoms with E-state index in [0.717, 1.165) is 12.0 Å². The zero-order valence-corrected chi connectivity index (χ0v) is 14.1. The summed E-state index contributed by atoms with van der Waals surface area (Å²) in [5, 5.41) is 0.710. The van der Waals surface area contributed by atoms with Gasteiger partial charge >= 0.3 is 0 Å². The first-order valence-corrected chi connectivity index (χ1v) is 8.06. The van der Waals surface area contributed by atoms with Crippen molar-refractivity contribution in [2.45, 2.75) is 40.2 Å². The number of hydrogen-bond donors (Lipinski definition) is 1. The van der Waals surface area contributed by atoms with E-state index in [1.54, 1.807) is 0 Å². The van der Waals surface area contributed by atoms with Crippen LogP contribution < -0.4 is 5.73 Å². The van der Waals surface area contributed by atoms with Gasteiger partial charge in [-0.1, -0.05) is 43.6 Å². The minimum Gasteiger partial charge on any atom is -0.339 e. The minimum atomic E-state index is 0.161. The molecule has 0 aromatic heterocycles. The summed E-state index contributed by atoms with van der Waals surface area (Å²) in [6, 6.07) is 7.67. The van der Waals surface area contributed by atoms with Gasteiger partial charge in [0.1, 0.15) is 0 Å². The molecule has 0 bridgehead atoms. The number of benzene rings is 1. The highest BCUT2D eigenvalue weighted by molar-refractivity contribution is 6.31. The van der Waals surface area contributed by atoms with Gasteiger partial charge in [0.05, 0.1) is 0 Å². The Kier molecular flexibility index (Phi) is 7.76. The van der Waals surface area contributed by atoms with Gasteiger partial charge < -0.3 is 10.6 Å². The predicted octanol–water partition coefficient (Wildman–Crippen LogP) is 3.70. The van der Waals surface area contributed by atoms with Crippen molar-refractivity contribution in [3.8, 4) is 0 Å². The molecule has 0 aliphatic rings. The zero-order valence-electron chi connectivity index (χ0n) is 13.3. The van der Waals surface area contributed by atoms with Crippen molar-refractivity contribution in [3.63, 3.8) is 0 Å². The van der Waals surface area contributed by atoms with Gasteiger partial charge in [-0.25, -0.2) is 0 Å². The van der Waals surface area contributed by atoms with E-state index in [2.05, 4.69) is 13.8 Å². The van der Waals surface area contributed by atoms with Crippen LogP contribution in [0.2, 0.25) is 5.02 Å². The van der Waals surface area contributed by atoms with Crippen LogP contribution in [0.1, 0.15) is 39.2 Å². The van der Waals surface area contributed by atoms with Gasteiger partial charge in [-0.15, -0.1) is 0 Å². The quantitative estimate of drug-likeness (QED) is 0.796. The number of amides is 1. The minimum absolute atomic E-state index is 0.161. The van der Waals surface area contributed by atoms with Crippen molar-refractivity contribution in [2.75, 3.05) is 13.1 Å². The summed E-state index contributed by atoms with van der Waals surface area (Å²) in [6.45, 7) is 8.13. The fraction of sp³-hybridized carbons (Fsp3) is 0.588. The van der Waals surface area contributed by atoms with Gasteiger partial charge in [0.15, 0.2) is 0 Å². The highest BCUT2D eigenvalue weighted by Crippen LogP contribution is 2.19. The average molecular weight is 311 g/mol. The maximum absolute atomic E-state index is 12.5. The molecule has 0 saturated carbocycles. The Morgan fingerprint density at radius 3 is 2.52 bits per heavy atom. The van der Waals surface area contributed by atoms with Crippen LogP contribution in [0.15, 0.2) is 24.3 Å². The summed E-state index contributed by atoms with van der Waals surface area (Å²) in [5.41, 5.74) is 6.78. The molecule has 0 aliphatic carbocycles. The number of hydrogen-bond acceptors (Lipinski definition) is 2. The van der Waals surface area contributed by atoms with Crippen LogP contribution in [0.4, 0.5) is 0 Å². The Labute approximate surface area is 133 Å². The van der Waals surface area contributed by atoms with E-state index in [0.29, 0.717) is 37.0 Å². The molecule has 1 aromatic carbocycles. The molecule has 1 atom stereocenters. The van der Waals surface area contributed by atoms with Crippen molar-refractivity contribution in [1.82, 2.24) is 4.90 Å². The topological polar surface area (TPSA) is 46.3 Å². The van der Waals surface area contributed by atoms with Crippen LogP contribution in [0.25, 0.3) is 0 Å². The summed E-state index contributed by atoms with van der Waals surface area (Å²) in [7, 11) is 0. The van der Waals surface area contributed by atoms with E-state index in [9.17, 15) is 4.79 Å². The van der Waals surface area contributed by atoms with Gasteiger partial charge in [-0.3, -0.25) is 4.79 Å². The second kappa shape index (κ2) is 9.06. The number of rotatable bonds is 8. The molecule has 118 valence electrons. The molecule has 1 aromatic rings. The molecule has 0 heterocycles. The third kappa shape index (κ3) is 6.06. The largest absolute Gasteiger partial charge is 0.339 e. The van der Waals surface area contributed by atoms with E-state index in [1.165, 1.54) is 0 Å². The smallest absolute Gasteiger partial charge is 0.223 e. The monoisotopic (exact) mass is 310 g/mol. The Bertz CT molecular complexity index is 448. The SMILES string of the molecule is CCN(Cc1ccccc1Cl)C(=O)CC(CN)CC(C)C. The van der Waals surface area contributed by atoms with Crippen LogP contribution >= 0.6 is 11.6 Å². The molecule has 0 aliphatic heterocycles. The molecule has 1 unspecified atom stereocenters. The maximum Gasteiger partial charge on any atom is 0.223 e. The van der Waals surface area contributed by atoms with Crippen LogP contribution in [-0.4, -0.2) is 23.9 Å². The van der Waals surface area contributed by atoms with E-state index in [1.807, 2.05) is 36.1 Å². The molecule has 1 rings (SSSR count). The lowest BCUT2D eigenvalue weighted by atomic mass is 9.93. The van der Waals surface area contributed by atoms with E-state index >= 15 is 0 Å². The number of nitrogens with zero attached hydrogens (tertiary/aromatic N) is 1. The standard InChI is InChI=1S/C17H27ClN2O/c1-4-20(12-15-7-5-6-8-16(15)18)17(21)10-14(11-19)9-13(2)3/h5-8,13-14H,4,9-12,19H2,1-3H3. The molecular weight excluding hydrogens is 284 g/mol.